The zero-order valence-corrected chi connectivity index (χ0v) is 32.1. The molecule has 0 unspecified atom stereocenters. The van der Waals surface area contributed by atoms with Crippen LogP contribution >= 0.6 is 0 Å². The summed E-state index contributed by atoms with van der Waals surface area (Å²) < 4.78 is 22.1. The Morgan fingerprint density at radius 3 is 1.24 bits per heavy atom. The van der Waals surface area contributed by atoms with Gasteiger partial charge in [-0.1, -0.05) is 139 Å². The van der Waals surface area contributed by atoms with Crippen LogP contribution in [0.25, 0.3) is 77.2 Å². The SMILES string of the molecule is CC(C)(C)c1ccc2c(c1)c1ccc(-c3ccccc3)cc1n2-c1cc(C#N)cc(-n2c3ccc(C(C)(C)C)cc3c3ccc(-c4ccccc4)cc32)c1F. The first-order chi connectivity index (χ1) is 26.4. The van der Waals surface area contributed by atoms with Crippen molar-refractivity contribution in [2.45, 2.75) is 52.4 Å². The molecule has 0 aliphatic rings. The fraction of sp³-hybridized carbons (Fsp3) is 0.157. The highest BCUT2D eigenvalue weighted by molar-refractivity contribution is 6.12. The Hall–Kier alpha value is -6.44. The minimum absolute atomic E-state index is 0.0757. The molecule has 0 bridgehead atoms. The topological polar surface area (TPSA) is 33.6 Å². The molecule has 9 rings (SSSR count). The summed E-state index contributed by atoms with van der Waals surface area (Å²) in [5.41, 5.74) is 11.1. The molecule has 0 saturated carbocycles. The summed E-state index contributed by atoms with van der Waals surface area (Å²) in [4.78, 5) is 0. The second-order valence-corrected chi connectivity index (χ2v) is 16.8. The third-order valence-corrected chi connectivity index (χ3v) is 11.1. The molecule has 0 fully saturated rings. The van der Waals surface area contributed by atoms with Crippen LogP contribution in [0.1, 0.15) is 58.2 Å². The van der Waals surface area contributed by atoms with Gasteiger partial charge in [0.25, 0.3) is 0 Å². The third-order valence-electron chi connectivity index (χ3n) is 11.1. The van der Waals surface area contributed by atoms with Crippen molar-refractivity contribution >= 4 is 43.6 Å². The Kier molecular flexibility index (Phi) is 7.85. The molecule has 55 heavy (non-hydrogen) atoms. The summed E-state index contributed by atoms with van der Waals surface area (Å²) in [6, 6.07) is 52.2. The Labute approximate surface area is 321 Å². The van der Waals surface area contributed by atoms with Crippen LogP contribution in [0.3, 0.4) is 0 Å². The normalized spacial score (nSPS) is 12.3. The van der Waals surface area contributed by atoms with Gasteiger partial charge in [0.15, 0.2) is 5.82 Å². The maximum absolute atomic E-state index is 18.1. The van der Waals surface area contributed by atoms with E-state index in [0.717, 1.165) is 65.9 Å². The summed E-state index contributed by atoms with van der Waals surface area (Å²) in [6.07, 6.45) is 0. The maximum Gasteiger partial charge on any atom is 0.171 e. The van der Waals surface area contributed by atoms with Crippen molar-refractivity contribution in [1.29, 1.82) is 5.26 Å². The molecule has 0 atom stereocenters. The lowest BCUT2D eigenvalue weighted by molar-refractivity contribution is 0.591. The molecule has 0 saturated heterocycles. The molecule has 0 N–H and O–H groups in total. The van der Waals surface area contributed by atoms with Gasteiger partial charge >= 0.3 is 0 Å². The van der Waals surface area contributed by atoms with Crippen LogP contribution in [0.5, 0.6) is 0 Å². The average Bonchev–Trinajstić information content (AvgIpc) is 3.69. The number of hydrogen-bond acceptors (Lipinski definition) is 1. The summed E-state index contributed by atoms with van der Waals surface area (Å²) >= 11 is 0. The Morgan fingerprint density at radius 1 is 0.436 bits per heavy atom. The number of nitriles is 1. The van der Waals surface area contributed by atoms with E-state index in [1.807, 2.05) is 45.5 Å². The summed E-state index contributed by atoms with van der Waals surface area (Å²) in [5.74, 6) is -0.397. The molecule has 2 heterocycles. The van der Waals surface area contributed by atoms with E-state index in [-0.39, 0.29) is 10.8 Å². The van der Waals surface area contributed by atoms with Gasteiger partial charge in [-0.25, -0.2) is 4.39 Å². The Bertz CT molecular complexity index is 2800. The third kappa shape index (κ3) is 5.70. The van der Waals surface area contributed by atoms with Gasteiger partial charge in [-0.15, -0.1) is 0 Å². The van der Waals surface area contributed by atoms with Gasteiger partial charge in [0.2, 0.25) is 0 Å². The highest BCUT2D eigenvalue weighted by atomic mass is 19.1. The van der Waals surface area contributed by atoms with E-state index in [1.54, 1.807) is 12.1 Å². The number of fused-ring (bicyclic) bond motifs is 6. The fourth-order valence-electron chi connectivity index (χ4n) is 8.10. The standard InChI is InChI=1S/C51H42FN3/c1-50(2,3)37-19-23-43-41(29-37)39-21-17-35(33-13-9-7-10-14-33)27-45(39)54(43)47-25-32(31-53)26-48(49(47)52)55-44-24-20-38(51(4,5)6)30-42(44)40-22-18-36(28-46(40)55)34-15-11-8-12-16-34/h7-30H,1-6H3. The van der Waals surface area contributed by atoms with Gasteiger partial charge in [0, 0.05) is 21.5 Å². The molecule has 0 aliphatic heterocycles. The first-order valence-corrected chi connectivity index (χ1v) is 18.9. The second-order valence-electron chi connectivity index (χ2n) is 16.8. The molecule has 268 valence electrons. The summed E-state index contributed by atoms with van der Waals surface area (Å²) in [6.45, 7) is 13.3. The van der Waals surface area contributed by atoms with Crippen molar-refractivity contribution in [3.63, 3.8) is 0 Å². The monoisotopic (exact) mass is 715 g/mol. The number of nitrogens with zero attached hydrogens (tertiary/aromatic N) is 3. The molecule has 0 amide bonds. The van der Waals surface area contributed by atoms with Crippen molar-refractivity contribution in [2.75, 3.05) is 0 Å². The van der Waals surface area contributed by atoms with E-state index >= 15 is 4.39 Å². The molecule has 2 aromatic heterocycles. The summed E-state index contributed by atoms with van der Waals surface area (Å²) in [5, 5.41) is 14.7. The molecular weight excluding hydrogens is 674 g/mol. The van der Waals surface area contributed by atoms with E-state index in [9.17, 15) is 5.26 Å². The lowest BCUT2D eigenvalue weighted by Gasteiger charge is -2.20. The largest absolute Gasteiger partial charge is 0.306 e. The number of hydrogen-bond donors (Lipinski definition) is 0. The van der Waals surface area contributed by atoms with Crippen LogP contribution in [0.15, 0.2) is 146 Å². The lowest BCUT2D eigenvalue weighted by Crippen LogP contribution is -2.11. The number of rotatable bonds is 4. The maximum atomic E-state index is 18.1. The van der Waals surface area contributed by atoms with Crippen LogP contribution in [0, 0.1) is 17.1 Å². The molecule has 0 spiro atoms. The van der Waals surface area contributed by atoms with Crippen LogP contribution in [0.4, 0.5) is 4.39 Å². The zero-order valence-electron chi connectivity index (χ0n) is 32.1. The first-order valence-electron chi connectivity index (χ1n) is 18.9. The quantitative estimate of drug-likeness (QED) is 0.179. The number of benzene rings is 7. The lowest BCUT2D eigenvalue weighted by atomic mass is 9.86. The van der Waals surface area contributed by atoms with Crippen LogP contribution in [-0.2, 0) is 10.8 Å². The smallest absolute Gasteiger partial charge is 0.171 e. The minimum Gasteiger partial charge on any atom is -0.306 e. The minimum atomic E-state index is -0.397. The van der Waals surface area contributed by atoms with Crippen LogP contribution < -0.4 is 0 Å². The van der Waals surface area contributed by atoms with Crippen molar-refractivity contribution in [2.24, 2.45) is 0 Å². The summed E-state index contributed by atoms with van der Waals surface area (Å²) in [7, 11) is 0. The van der Waals surface area contributed by atoms with Crippen molar-refractivity contribution in [3.05, 3.63) is 168 Å². The van der Waals surface area contributed by atoms with E-state index in [2.05, 4.69) is 145 Å². The highest BCUT2D eigenvalue weighted by Gasteiger charge is 2.25. The zero-order chi connectivity index (χ0) is 38.2. The van der Waals surface area contributed by atoms with Gasteiger partial charge in [0.05, 0.1) is 45.1 Å². The van der Waals surface area contributed by atoms with E-state index < -0.39 is 5.82 Å². The molecule has 3 nitrogen and oxygen atoms in total. The van der Waals surface area contributed by atoms with Crippen molar-refractivity contribution in [3.8, 4) is 39.7 Å². The molecule has 0 aliphatic carbocycles. The van der Waals surface area contributed by atoms with Crippen molar-refractivity contribution in [1.82, 2.24) is 9.13 Å². The first kappa shape index (κ1) is 34.3. The van der Waals surface area contributed by atoms with Gasteiger partial charge in [-0.3, -0.25) is 0 Å². The van der Waals surface area contributed by atoms with E-state index in [0.29, 0.717) is 16.9 Å². The molecule has 4 heteroatoms. The molecular formula is C51H42FN3. The molecule has 9 aromatic rings. The molecule has 0 radical (unpaired) electrons. The van der Waals surface area contributed by atoms with Gasteiger partial charge in [-0.2, -0.15) is 5.26 Å². The highest BCUT2D eigenvalue weighted by Crippen LogP contribution is 2.42. The van der Waals surface area contributed by atoms with E-state index in [4.69, 9.17) is 0 Å². The predicted molar refractivity (Wildman–Crippen MR) is 228 cm³/mol. The number of aromatic nitrogens is 2. The van der Waals surface area contributed by atoms with Gasteiger partial charge < -0.3 is 9.13 Å². The molecule has 7 aromatic carbocycles. The van der Waals surface area contributed by atoms with Crippen LogP contribution in [0.2, 0.25) is 0 Å². The van der Waals surface area contributed by atoms with Gasteiger partial charge in [0.1, 0.15) is 0 Å². The van der Waals surface area contributed by atoms with Gasteiger partial charge in [-0.05, 0) is 92.7 Å². The van der Waals surface area contributed by atoms with Crippen molar-refractivity contribution < 1.29 is 4.39 Å². The Morgan fingerprint density at radius 2 is 0.855 bits per heavy atom. The number of halogens is 1. The van der Waals surface area contributed by atoms with Crippen LogP contribution in [-0.4, -0.2) is 9.13 Å². The Balaban J connectivity index is 1.38. The average molecular weight is 716 g/mol. The van der Waals surface area contributed by atoms with E-state index in [1.165, 1.54) is 11.1 Å². The predicted octanol–water partition coefficient (Wildman–Crippen LogP) is 13.8. The second kappa shape index (κ2) is 12.6. The fourth-order valence-corrected chi connectivity index (χ4v) is 8.10.